The van der Waals surface area contributed by atoms with Gasteiger partial charge in [0.05, 0.1) is 6.20 Å². The molecule has 0 aliphatic rings. The Kier molecular flexibility index (Phi) is 3.52. The number of hydrogen-bond acceptors (Lipinski definition) is 3. The zero-order chi connectivity index (χ0) is 12.6. The van der Waals surface area contributed by atoms with Gasteiger partial charge in [-0.25, -0.2) is 4.98 Å². The van der Waals surface area contributed by atoms with Crippen LogP contribution in [-0.4, -0.2) is 10.1 Å². The van der Waals surface area contributed by atoms with Crippen LogP contribution in [0, 0.1) is 20.8 Å². The summed E-state index contributed by atoms with van der Waals surface area (Å²) in [4.78, 5) is 4.12. The van der Waals surface area contributed by atoms with Crippen LogP contribution in [-0.2, 0) is 0 Å². The van der Waals surface area contributed by atoms with Gasteiger partial charge in [-0.1, -0.05) is 23.7 Å². The molecule has 1 aromatic heterocycles. The third-order valence-corrected chi connectivity index (χ3v) is 4.07. The second-order valence-corrected chi connectivity index (χ2v) is 5.89. The van der Waals surface area contributed by atoms with Crippen molar-refractivity contribution < 1.29 is 5.11 Å². The molecule has 1 N–H and O–H groups in total. The highest BCUT2D eigenvalue weighted by Crippen LogP contribution is 2.31. The molecule has 0 aliphatic heterocycles. The molecule has 90 valence electrons. The minimum atomic E-state index is -0.688. The number of thiazole rings is 1. The van der Waals surface area contributed by atoms with Crippen LogP contribution in [0.1, 0.15) is 33.4 Å². The van der Waals surface area contributed by atoms with Crippen molar-refractivity contribution in [3.05, 3.63) is 49.9 Å². The van der Waals surface area contributed by atoms with Crippen LogP contribution in [0.25, 0.3) is 0 Å². The quantitative estimate of drug-likeness (QED) is 0.898. The van der Waals surface area contributed by atoms with Crippen LogP contribution >= 0.6 is 22.9 Å². The van der Waals surface area contributed by atoms with Gasteiger partial charge >= 0.3 is 0 Å². The summed E-state index contributed by atoms with van der Waals surface area (Å²) >= 11 is 7.15. The summed E-state index contributed by atoms with van der Waals surface area (Å²) in [5.41, 5.74) is 4.38. The Bertz CT molecular complexity index is 550. The van der Waals surface area contributed by atoms with E-state index >= 15 is 0 Å². The molecule has 1 atom stereocenters. The van der Waals surface area contributed by atoms with Crippen LogP contribution in [0.2, 0.25) is 4.34 Å². The molecule has 0 saturated carbocycles. The van der Waals surface area contributed by atoms with Crippen LogP contribution in [0.4, 0.5) is 0 Å². The largest absolute Gasteiger partial charge is 0.381 e. The highest BCUT2D eigenvalue weighted by molar-refractivity contribution is 7.15. The summed E-state index contributed by atoms with van der Waals surface area (Å²) in [7, 11) is 0. The molecule has 0 aliphatic carbocycles. The van der Waals surface area contributed by atoms with Crippen LogP contribution in [0.5, 0.6) is 0 Å². The summed E-state index contributed by atoms with van der Waals surface area (Å²) in [5.74, 6) is 0. The van der Waals surface area contributed by atoms with Gasteiger partial charge in [0.15, 0.2) is 0 Å². The average molecular weight is 268 g/mol. The molecule has 2 nitrogen and oxygen atoms in total. The van der Waals surface area contributed by atoms with Crippen LogP contribution in [0.3, 0.4) is 0 Å². The first kappa shape index (κ1) is 12.6. The van der Waals surface area contributed by atoms with Gasteiger partial charge in [0, 0.05) is 0 Å². The lowest BCUT2D eigenvalue weighted by Gasteiger charge is -2.13. The van der Waals surface area contributed by atoms with Crippen molar-refractivity contribution in [1.82, 2.24) is 4.98 Å². The van der Waals surface area contributed by atoms with Gasteiger partial charge in [-0.15, -0.1) is 11.3 Å². The summed E-state index contributed by atoms with van der Waals surface area (Å²) in [6, 6.07) is 4.10. The van der Waals surface area contributed by atoms with E-state index in [1.807, 2.05) is 19.9 Å². The summed E-state index contributed by atoms with van der Waals surface area (Å²) in [6.45, 7) is 6.11. The number of aliphatic hydroxyl groups excluding tert-OH is 1. The molecular weight excluding hydrogens is 254 g/mol. The predicted octanol–water partition coefficient (Wildman–Crippen LogP) is 3.80. The average Bonchev–Trinajstić information content (AvgIpc) is 2.69. The topological polar surface area (TPSA) is 33.1 Å². The van der Waals surface area contributed by atoms with E-state index in [1.165, 1.54) is 22.5 Å². The van der Waals surface area contributed by atoms with E-state index in [0.717, 1.165) is 11.1 Å². The minimum Gasteiger partial charge on any atom is -0.381 e. The number of rotatable bonds is 2. The fraction of sp³-hybridized carbons (Fsp3) is 0.308. The Morgan fingerprint density at radius 1 is 1.18 bits per heavy atom. The number of halogens is 1. The van der Waals surface area contributed by atoms with E-state index < -0.39 is 6.10 Å². The van der Waals surface area contributed by atoms with Crippen molar-refractivity contribution in [2.45, 2.75) is 26.9 Å². The maximum atomic E-state index is 10.3. The molecule has 0 fully saturated rings. The number of aromatic nitrogens is 1. The molecular formula is C13H14ClNOS. The molecule has 0 amide bonds. The Balaban J connectivity index is 2.43. The summed E-state index contributed by atoms with van der Waals surface area (Å²) < 4.78 is 0.598. The van der Waals surface area contributed by atoms with Crippen molar-refractivity contribution in [3.63, 3.8) is 0 Å². The Morgan fingerprint density at radius 2 is 1.82 bits per heavy atom. The van der Waals surface area contributed by atoms with E-state index in [0.29, 0.717) is 9.34 Å². The maximum Gasteiger partial charge on any atom is 0.131 e. The molecule has 4 heteroatoms. The normalized spacial score (nSPS) is 12.8. The standard InChI is InChI=1S/C13H14ClNOS/c1-7-4-9(3)10(5-8(7)2)12(16)13-15-6-11(14)17-13/h4-6,12,16H,1-3H3. The molecule has 0 radical (unpaired) electrons. The van der Waals surface area contributed by atoms with Crippen LogP contribution in [0.15, 0.2) is 18.3 Å². The minimum absolute atomic E-state index is 0.598. The van der Waals surface area contributed by atoms with Crippen molar-refractivity contribution in [2.24, 2.45) is 0 Å². The highest BCUT2D eigenvalue weighted by atomic mass is 35.5. The zero-order valence-electron chi connectivity index (χ0n) is 9.99. The lowest BCUT2D eigenvalue weighted by molar-refractivity contribution is 0.219. The summed E-state index contributed by atoms with van der Waals surface area (Å²) in [5, 5.41) is 10.9. The van der Waals surface area contributed by atoms with E-state index in [4.69, 9.17) is 11.6 Å². The number of hydrogen-bond donors (Lipinski definition) is 1. The first-order valence-corrected chi connectivity index (χ1v) is 6.55. The van der Waals surface area contributed by atoms with Crippen molar-refractivity contribution in [1.29, 1.82) is 0 Å². The monoisotopic (exact) mass is 267 g/mol. The van der Waals surface area contributed by atoms with Crippen molar-refractivity contribution in [2.75, 3.05) is 0 Å². The van der Waals surface area contributed by atoms with Gasteiger partial charge in [-0.2, -0.15) is 0 Å². The number of benzene rings is 1. The molecule has 0 bridgehead atoms. The van der Waals surface area contributed by atoms with Gasteiger partial charge < -0.3 is 5.11 Å². The Labute approximate surface area is 110 Å². The predicted molar refractivity (Wildman–Crippen MR) is 71.8 cm³/mol. The second kappa shape index (κ2) is 4.77. The molecule has 2 aromatic rings. The third kappa shape index (κ3) is 2.51. The molecule has 0 saturated heterocycles. The zero-order valence-corrected chi connectivity index (χ0v) is 11.6. The van der Waals surface area contributed by atoms with E-state index in [9.17, 15) is 5.11 Å². The lowest BCUT2D eigenvalue weighted by atomic mass is 9.97. The second-order valence-electron chi connectivity index (χ2n) is 4.20. The first-order chi connectivity index (χ1) is 7.99. The van der Waals surface area contributed by atoms with Gasteiger partial charge in [-0.3, -0.25) is 0 Å². The van der Waals surface area contributed by atoms with Gasteiger partial charge in [0.25, 0.3) is 0 Å². The Morgan fingerprint density at radius 3 is 2.41 bits per heavy atom. The third-order valence-electron chi connectivity index (χ3n) is 2.91. The van der Waals surface area contributed by atoms with E-state index in [1.54, 1.807) is 6.20 Å². The Hall–Kier alpha value is -0.900. The molecule has 1 unspecified atom stereocenters. The van der Waals surface area contributed by atoms with Crippen molar-refractivity contribution >= 4 is 22.9 Å². The SMILES string of the molecule is Cc1cc(C)c(C(O)c2ncc(Cl)s2)cc1C. The number of aliphatic hydroxyl groups is 1. The summed E-state index contributed by atoms with van der Waals surface area (Å²) in [6.07, 6.45) is 0.882. The van der Waals surface area contributed by atoms with Gasteiger partial charge in [0.2, 0.25) is 0 Å². The van der Waals surface area contributed by atoms with E-state index in [2.05, 4.69) is 18.0 Å². The molecule has 17 heavy (non-hydrogen) atoms. The highest BCUT2D eigenvalue weighted by Gasteiger charge is 2.17. The fourth-order valence-electron chi connectivity index (χ4n) is 1.80. The first-order valence-electron chi connectivity index (χ1n) is 5.36. The van der Waals surface area contributed by atoms with Crippen molar-refractivity contribution in [3.8, 4) is 0 Å². The molecule has 1 heterocycles. The van der Waals surface area contributed by atoms with E-state index in [-0.39, 0.29) is 0 Å². The maximum absolute atomic E-state index is 10.3. The number of nitrogens with zero attached hydrogens (tertiary/aromatic N) is 1. The molecule has 0 spiro atoms. The fourth-order valence-corrected chi connectivity index (χ4v) is 2.74. The van der Waals surface area contributed by atoms with Crippen LogP contribution < -0.4 is 0 Å². The molecule has 1 aromatic carbocycles. The molecule has 2 rings (SSSR count). The smallest absolute Gasteiger partial charge is 0.131 e. The van der Waals surface area contributed by atoms with Gasteiger partial charge in [-0.05, 0) is 43.0 Å². The van der Waals surface area contributed by atoms with Gasteiger partial charge in [0.1, 0.15) is 15.4 Å². The lowest BCUT2D eigenvalue weighted by Crippen LogP contribution is -2.02. The number of aryl methyl sites for hydroxylation is 3.